The van der Waals surface area contributed by atoms with Gasteiger partial charge in [-0.15, -0.1) is 0 Å². The van der Waals surface area contributed by atoms with Gasteiger partial charge in [-0.1, -0.05) is 0 Å². The number of carbonyl (C=O) groups is 6. The fourth-order valence-corrected chi connectivity index (χ4v) is 2.14. The van der Waals surface area contributed by atoms with Crippen LogP contribution >= 0.6 is 12.6 Å². The smallest absolute Gasteiger partial charge is 0.327 e. The van der Waals surface area contributed by atoms with Gasteiger partial charge in [0.15, 0.2) is 0 Å². The molecular weight excluding hydrogens is 414 g/mol. The average molecular weight is 437 g/mol. The van der Waals surface area contributed by atoms with Crippen LogP contribution in [0, 0.1) is 0 Å². The first-order valence-corrected chi connectivity index (χ1v) is 8.67. The largest absolute Gasteiger partial charge is 0.481 e. The Hall–Kier alpha value is -2.91. The highest BCUT2D eigenvalue weighted by Gasteiger charge is 2.30. The normalized spacial score (nSPS) is 14.6. The van der Waals surface area contributed by atoms with Crippen molar-refractivity contribution in [2.75, 3.05) is 12.4 Å². The Kier molecular flexibility index (Phi) is 11.3. The van der Waals surface area contributed by atoms with Crippen LogP contribution in [0.4, 0.5) is 0 Å². The van der Waals surface area contributed by atoms with E-state index in [9.17, 15) is 33.9 Å². The molecule has 4 atom stereocenters. The van der Waals surface area contributed by atoms with Gasteiger partial charge in [-0.3, -0.25) is 24.0 Å². The Balaban J connectivity index is 5.20. The summed E-state index contributed by atoms with van der Waals surface area (Å²) in [6.45, 7) is -0.938. The van der Waals surface area contributed by atoms with E-state index in [0.717, 1.165) is 0 Å². The Morgan fingerprint density at radius 2 is 1.31 bits per heavy atom. The number of aliphatic hydroxyl groups excluding tert-OH is 1. The number of nitrogens with one attached hydrogen (secondary N) is 3. The Morgan fingerprint density at radius 1 is 0.828 bits per heavy atom. The van der Waals surface area contributed by atoms with Crippen LogP contribution in [0.15, 0.2) is 0 Å². The lowest BCUT2D eigenvalue weighted by atomic mass is 10.1. The summed E-state index contributed by atoms with van der Waals surface area (Å²) >= 11 is 3.75. The maximum Gasteiger partial charge on any atom is 0.327 e. The number of nitrogens with two attached hydrogens (primary N) is 2. The molecule has 0 aromatic carbocycles. The van der Waals surface area contributed by atoms with Gasteiger partial charge in [0.2, 0.25) is 23.6 Å². The van der Waals surface area contributed by atoms with Crippen LogP contribution in [0.1, 0.15) is 12.8 Å². The van der Waals surface area contributed by atoms with Crippen molar-refractivity contribution in [1.82, 2.24) is 16.0 Å². The van der Waals surface area contributed by atoms with E-state index in [-0.39, 0.29) is 5.75 Å². The molecule has 0 spiro atoms. The summed E-state index contributed by atoms with van der Waals surface area (Å²) < 4.78 is 0. The number of carboxylic acids is 2. The van der Waals surface area contributed by atoms with E-state index >= 15 is 0 Å². The number of primary amides is 1. The van der Waals surface area contributed by atoms with Gasteiger partial charge in [-0.05, 0) is 0 Å². The minimum Gasteiger partial charge on any atom is -0.481 e. The molecule has 15 heteroatoms. The predicted molar refractivity (Wildman–Crippen MR) is 98.4 cm³/mol. The van der Waals surface area contributed by atoms with Crippen LogP contribution in [0.3, 0.4) is 0 Å². The number of hydrogen-bond acceptors (Lipinski definition) is 9. The van der Waals surface area contributed by atoms with Crippen LogP contribution in [0.2, 0.25) is 0 Å². The van der Waals surface area contributed by atoms with Crippen LogP contribution in [0.25, 0.3) is 0 Å². The lowest BCUT2D eigenvalue weighted by Gasteiger charge is -2.23. The molecule has 4 amide bonds. The molecule has 0 aromatic rings. The van der Waals surface area contributed by atoms with Gasteiger partial charge < -0.3 is 42.7 Å². The second-order valence-electron chi connectivity index (χ2n) is 5.76. The first-order chi connectivity index (χ1) is 13.4. The molecule has 0 aromatic heterocycles. The molecule has 0 fully saturated rings. The minimum atomic E-state index is -1.62. The maximum atomic E-state index is 12.3. The van der Waals surface area contributed by atoms with E-state index < -0.39 is 79.2 Å². The number of rotatable bonds is 13. The molecular formula is C14H23N5O9S. The highest BCUT2D eigenvalue weighted by molar-refractivity contribution is 7.80. The fourth-order valence-electron chi connectivity index (χ4n) is 1.89. The molecule has 0 saturated heterocycles. The molecule has 0 aliphatic rings. The van der Waals surface area contributed by atoms with Crippen molar-refractivity contribution in [3.05, 3.63) is 0 Å². The van der Waals surface area contributed by atoms with Crippen molar-refractivity contribution < 1.29 is 44.1 Å². The zero-order chi connectivity index (χ0) is 22.7. The van der Waals surface area contributed by atoms with E-state index in [1.807, 2.05) is 16.0 Å². The van der Waals surface area contributed by atoms with Crippen molar-refractivity contribution >= 4 is 48.2 Å². The van der Waals surface area contributed by atoms with Gasteiger partial charge in [0, 0.05) is 5.75 Å². The van der Waals surface area contributed by atoms with Gasteiger partial charge in [0.05, 0.1) is 25.5 Å². The van der Waals surface area contributed by atoms with E-state index in [0.29, 0.717) is 0 Å². The Morgan fingerprint density at radius 3 is 1.72 bits per heavy atom. The van der Waals surface area contributed by atoms with E-state index in [2.05, 4.69) is 12.6 Å². The summed E-state index contributed by atoms with van der Waals surface area (Å²) in [7, 11) is 0. The predicted octanol–water partition coefficient (Wildman–Crippen LogP) is -4.88. The van der Waals surface area contributed by atoms with Gasteiger partial charge >= 0.3 is 11.9 Å². The zero-order valence-corrected chi connectivity index (χ0v) is 15.9. The van der Waals surface area contributed by atoms with Crippen LogP contribution in [-0.4, -0.2) is 87.4 Å². The van der Waals surface area contributed by atoms with E-state index in [4.69, 9.17) is 21.7 Å². The number of thiol groups is 1. The van der Waals surface area contributed by atoms with Crippen LogP contribution in [0.5, 0.6) is 0 Å². The quantitative estimate of drug-likeness (QED) is 0.124. The summed E-state index contributed by atoms with van der Waals surface area (Å²) in [5.74, 6) is -7.31. The monoisotopic (exact) mass is 437 g/mol. The molecule has 0 rings (SSSR count). The van der Waals surface area contributed by atoms with Gasteiger partial charge in [0.1, 0.15) is 18.1 Å². The lowest BCUT2D eigenvalue weighted by molar-refractivity contribution is -0.142. The number of aliphatic hydroxyl groups is 1. The average Bonchev–Trinajstić information content (AvgIpc) is 2.61. The van der Waals surface area contributed by atoms with E-state index in [1.54, 1.807) is 0 Å². The molecule has 0 bridgehead atoms. The topological polar surface area (TPSA) is 251 Å². The highest BCUT2D eigenvalue weighted by Crippen LogP contribution is 1.98. The fraction of sp³-hybridized carbons (Fsp3) is 0.571. The molecule has 29 heavy (non-hydrogen) atoms. The molecule has 0 saturated carbocycles. The zero-order valence-electron chi connectivity index (χ0n) is 15.0. The Labute approximate surface area is 169 Å². The summed E-state index contributed by atoms with van der Waals surface area (Å²) in [5, 5.41) is 32.9. The van der Waals surface area contributed by atoms with Gasteiger partial charge in [-0.2, -0.15) is 12.6 Å². The summed E-state index contributed by atoms with van der Waals surface area (Å²) in [6, 6.07) is -6.17. The van der Waals surface area contributed by atoms with E-state index in [1.165, 1.54) is 0 Å². The van der Waals surface area contributed by atoms with Crippen molar-refractivity contribution in [3.8, 4) is 0 Å². The number of hydrogen-bond donors (Lipinski definition) is 9. The molecule has 0 heterocycles. The maximum absolute atomic E-state index is 12.3. The lowest BCUT2D eigenvalue weighted by Crippen LogP contribution is -2.58. The molecule has 10 N–H and O–H groups in total. The van der Waals surface area contributed by atoms with Crippen molar-refractivity contribution in [2.45, 2.75) is 37.0 Å². The van der Waals surface area contributed by atoms with Crippen molar-refractivity contribution in [3.63, 3.8) is 0 Å². The molecule has 0 aliphatic heterocycles. The first-order valence-electron chi connectivity index (χ1n) is 8.04. The third kappa shape index (κ3) is 9.72. The number of carbonyl (C=O) groups excluding carboxylic acids is 4. The first kappa shape index (κ1) is 26.1. The second kappa shape index (κ2) is 12.5. The molecule has 4 unspecified atom stereocenters. The molecule has 0 aliphatic carbocycles. The van der Waals surface area contributed by atoms with Crippen LogP contribution in [-0.2, 0) is 28.8 Å². The summed E-state index contributed by atoms with van der Waals surface area (Å²) in [5.41, 5.74) is 10.4. The van der Waals surface area contributed by atoms with Crippen molar-refractivity contribution in [2.24, 2.45) is 11.5 Å². The third-order valence-electron chi connectivity index (χ3n) is 3.38. The minimum absolute atomic E-state index is 0.269. The molecule has 14 nitrogen and oxygen atoms in total. The number of amides is 4. The van der Waals surface area contributed by atoms with Crippen molar-refractivity contribution in [1.29, 1.82) is 0 Å². The standard InChI is InChI=1S/C14H23N5O9S/c15-5(1-10(22)23)11(24)17-6(2-9(16)21)12(25)18-7(3-20)13(26)19-8(4-29)14(27)28/h5-8,20,29H,1-4,15H2,(H2,16,21)(H,17,24)(H,18,25)(H,19,26)(H,22,23)(H,27,28). The SMILES string of the molecule is NC(=O)CC(NC(=O)C(N)CC(=O)O)C(=O)NC(CO)C(=O)NC(CS)C(=O)O. The molecule has 0 radical (unpaired) electrons. The van der Waals surface area contributed by atoms with Crippen LogP contribution < -0.4 is 27.4 Å². The van der Waals surface area contributed by atoms with Gasteiger partial charge in [-0.25, -0.2) is 4.79 Å². The molecule has 164 valence electrons. The Bertz CT molecular complexity index is 659. The highest BCUT2D eigenvalue weighted by atomic mass is 32.1. The number of carboxylic acid groups (broad SMARTS) is 2. The third-order valence-corrected chi connectivity index (χ3v) is 3.75. The summed E-state index contributed by atoms with van der Waals surface area (Å²) in [6.07, 6.45) is -1.47. The summed E-state index contributed by atoms with van der Waals surface area (Å²) in [4.78, 5) is 68.9. The number of aliphatic carboxylic acids is 2. The van der Waals surface area contributed by atoms with Gasteiger partial charge in [0.25, 0.3) is 0 Å². The second-order valence-corrected chi connectivity index (χ2v) is 6.13.